The van der Waals surface area contributed by atoms with Gasteiger partial charge in [-0.2, -0.15) is 5.10 Å². The van der Waals surface area contributed by atoms with Gasteiger partial charge in [0.1, 0.15) is 16.8 Å². The molecule has 0 bridgehead atoms. The molecule has 0 N–H and O–H groups in total. The van der Waals surface area contributed by atoms with Gasteiger partial charge < -0.3 is 0 Å². The Hall–Kier alpha value is -1.07. The summed E-state index contributed by atoms with van der Waals surface area (Å²) in [5.41, 5.74) is 1.69. The molecule has 2 aromatic rings. The summed E-state index contributed by atoms with van der Waals surface area (Å²) in [6, 6.07) is 3.54. The highest BCUT2D eigenvalue weighted by Gasteiger charge is 2.12. The molecule has 2 nitrogen and oxygen atoms in total. The maximum absolute atomic E-state index is 13.4. The molecule has 0 atom stereocenters. The number of aromatic nitrogens is 2. The molecule has 0 unspecified atom stereocenters. The van der Waals surface area contributed by atoms with E-state index in [2.05, 4.69) is 5.10 Å². The van der Waals surface area contributed by atoms with Gasteiger partial charge in [0.15, 0.2) is 0 Å². The molecular formula is C12H11ClF2N2S. The first-order valence-electron chi connectivity index (χ1n) is 5.25. The number of aryl methyl sites for hydroxylation is 2. The van der Waals surface area contributed by atoms with Crippen LogP contribution >= 0.6 is 23.4 Å². The Kier molecular flexibility index (Phi) is 3.92. The fourth-order valence-electron chi connectivity index (χ4n) is 1.58. The van der Waals surface area contributed by atoms with E-state index in [0.717, 1.165) is 17.3 Å². The molecule has 1 aromatic heterocycles. The van der Waals surface area contributed by atoms with E-state index in [1.807, 2.05) is 6.92 Å². The molecular weight excluding hydrogens is 278 g/mol. The Labute approximate surface area is 113 Å². The van der Waals surface area contributed by atoms with E-state index in [0.29, 0.717) is 15.8 Å². The second kappa shape index (κ2) is 5.28. The van der Waals surface area contributed by atoms with Crippen LogP contribution in [0.3, 0.4) is 0 Å². The SMILES string of the molecule is Cc1nn(C)c(Cl)c1CSc1ccc(F)cc1F. The molecule has 6 heteroatoms. The highest BCUT2D eigenvalue weighted by atomic mass is 35.5. The minimum atomic E-state index is -0.576. The summed E-state index contributed by atoms with van der Waals surface area (Å²) < 4.78 is 27.8. The molecule has 0 aliphatic carbocycles. The summed E-state index contributed by atoms with van der Waals surface area (Å²) in [4.78, 5) is 0.399. The van der Waals surface area contributed by atoms with E-state index in [-0.39, 0.29) is 0 Å². The van der Waals surface area contributed by atoms with Crippen LogP contribution in [0.5, 0.6) is 0 Å². The molecule has 0 fully saturated rings. The molecule has 2 rings (SSSR count). The van der Waals surface area contributed by atoms with Crippen molar-refractivity contribution in [2.24, 2.45) is 7.05 Å². The minimum Gasteiger partial charge on any atom is -0.257 e. The van der Waals surface area contributed by atoms with Gasteiger partial charge in [-0.15, -0.1) is 11.8 Å². The molecule has 0 saturated heterocycles. The average Bonchev–Trinajstić information content (AvgIpc) is 2.53. The first-order chi connectivity index (χ1) is 8.49. The van der Waals surface area contributed by atoms with E-state index in [1.165, 1.54) is 23.9 Å². The highest BCUT2D eigenvalue weighted by molar-refractivity contribution is 7.98. The summed E-state index contributed by atoms with van der Waals surface area (Å²) in [5, 5.41) is 4.72. The van der Waals surface area contributed by atoms with Crippen LogP contribution in [0, 0.1) is 18.6 Å². The molecule has 1 aromatic carbocycles. The Balaban J connectivity index is 2.16. The van der Waals surface area contributed by atoms with Crippen LogP contribution in [-0.2, 0) is 12.8 Å². The zero-order valence-electron chi connectivity index (χ0n) is 9.88. The molecule has 96 valence electrons. The quantitative estimate of drug-likeness (QED) is 0.796. The van der Waals surface area contributed by atoms with Gasteiger partial charge in [0.25, 0.3) is 0 Å². The number of thioether (sulfide) groups is 1. The summed E-state index contributed by atoms with van der Waals surface area (Å²) in [6.07, 6.45) is 0. The third-order valence-electron chi connectivity index (χ3n) is 2.54. The average molecular weight is 289 g/mol. The number of halogens is 3. The third-order valence-corrected chi connectivity index (χ3v) is 4.08. The van der Waals surface area contributed by atoms with Crippen LogP contribution in [-0.4, -0.2) is 9.78 Å². The summed E-state index contributed by atoms with van der Waals surface area (Å²) >= 11 is 7.35. The Morgan fingerprint density at radius 3 is 2.67 bits per heavy atom. The van der Waals surface area contributed by atoms with Crippen molar-refractivity contribution < 1.29 is 8.78 Å². The van der Waals surface area contributed by atoms with E-state index in [1.54, 1.807) is 11.7 Å². The zero-order chi connectivity index (χ0) is 13.3. The van der Waals surface area contributed by atoms with Crippen molar-refractivity contribution in [3.63, 3.8) is 0 Å². The predicted molar refractivity (Wildman–Crippen MR) is 68.9 cm³/mol. The van der Waals surface area contributed by atoms with Crippen molar-refractivity contribution in [3.05, 3.63) is 46.2 Å². The van der Waals surface area contributed by atoms with Gasteiger partial charge in [0.2, 0.25) is 0 Å². The number of hydrogen-bond acceptors (Lipinski definition) is 2. The summed E-state index contributed by atoms with van der Waals surface area (Å²) in [5.74, 6) is -0.633. The number of nitrogens with zero attached hydrogens (tertiary/aromatic N) is 2. The highest BCUT2D eigenvalue weighted by Crippen LogP contribution is 2.30. The van der Waals surface area contributed by atoms with E-state index in [9.17, 15) is 8.78 Å². The first-order valence-corrected chi connectivity index (χ1v) is 6.61. The van der Waals surface area contributed by atoms with Crippen LogP contribution < -0.4 is 0 Å². The van der Waals surface area contributed by atoms with Crippen LogP contribution in [0.4, 0.5) is 8.78 Å². The fraction of sp³-hybridized carbons (Fsp3) is 0.250. The molecule has 0 spiro atoms. The molecule has 0 aliphatic heterocycles. The van der Waals surface area contributed by atoms with E-state index >= 15 is 0 Å². The van der Waals surface area contributed by atoms with Gasteiger partial charge in [-0.1, -0.05) is 11.6 Å². The van der Waals surface area contributed by atoms with Crippen molar-refractivity contribution in [3.8, 4) is 0 Å². The Morgan fingerprint density at radius 2 is 2.11 bits per heavy atom. The lowest BCUT2D eigenvalue weighted by atomic mass is 10.3. The van der Waals surface area contributed by atoms with Crippen molar-refractivity contribution in [1.29, 1.82) is 0 Å². The van der Waals surface area contributed by atoms with Crippen LogP contribution in [0.1, 0.15) is 11.3 Å². The van der Waals surface area contributed by atoms with Crippen molar-refractivity contribution in [2.45, 2.75) is 17.6 Å². The standard InChI is InChI=1S/C12H11ClF2N2S/c1-7-9(12(13)17(2)16-7)6-18-11-4-3-8(14)5-10(11)15/h3-5H,6H2,1-2H3. The van der Waals surface area contributed by atoms with Gasteiger partial charge in [-0.05, 0) is 19.1 Å². The number of benzene rings is 1. The smallest absolute Gasteiger partial charge is 0.139 e. The second-order valence-corrected chi connectivity index (χ2v) is 5.22. The van der Waals surface area contributed by atoms with Crippen molar-refractivity contribution in [1.82, 2.24) is 9.78 Å². The van der Waals surface area contributed by atoms with Crippen molar-refractivity contribution >= 4 is 23.4 Å². The van der Waals surface area contributed by atoms with Crippen LogP contribution in [0.15, 0.2) is 23.1 Å². The lowest BCUT2D eigenvalue weighted by Crippen LogP contribution is -1.89. The molecule has 0 amide bonds. The van der Waals surface area contributed by atoms with Gasteiger partial charge in [-0.3, -0.25) is 4.68 Å². The van der Waals surface area contributed by atoms with Gasteiger partial charge in [0.05, 0.1) is 5.69 Å². The van der Waals surface area contributed by atoms with Gasteiger partial charge in [-0.25, -0.2) is 8.78 Å². The van der Waals surface area contributed by atoms with E-state index < -0.39 is 11.6 Å². The predicted octanol–water partition coefficient (Wildman–Crippen LogP) is 3.95. The topological polar surface area (TPSA) is 17.8 Å². The summed E-state index contributed by atoms with van der Waals surface area (Å²) in [6.45, 7) is 1.85. The maximum Gasteiger partial charge on any atom is 0.139 e. The van der Waals surface area contributed by atoms with E-state index in [4.69, 9.17) is 11.6 Å². The van der Waals surface area contributed by atoms with Crippen molar-refractivity contribution in [2.75, 3.05) is 0 Å². The normalized spacial score (nSPS) is 10.9. The molecule has 0 saturated carbocycles. The lowest BCUT2D eigenvalue weighted by Gasteiger charge is -2.03. The Morgan fingerprint density at radius 1 is 1.39 bits per heavy atom. The maximum atomic E-state index is 13.4. The van der Waals surface area contributed by atoms with Gasteiger partial charge >= 0.3 is 0 Å². The largest absolute Gasteiger partial charge is 0.257 e. The molecule has 18 heavy (non-hydrogen) atoms. The number of rotatable bonds is 3. The zero-order valence-corrected chi connectivity index (χ0v) is 11.4. The summed E-state index contributed by atoms with van der Waals surface area (Å²) in [7, 11) is 1.75. The van der Waals surface area contributed by atoms with Crippen LogP contribution in [0.2, 0.25) is 5.15 Å². The monoisotopic (exact) mass is 288 g/mol. The third kappa shape index (κ3) is 2.67. The molecule has 1 heterocycles. The first kappa shape index (κ1) is 13.4. The van der Waals surface area contributed by atoms with Crippen LogP contribution in [0.25, 0.3) is 0 Å². The molecule has 0 aliphatic rings. The lowest BCUT2D eigenvalue weighted by molar-refractivity contribution is 0.565. The Bertz CT molecular complexity index is 584. The number of hydrogen-bond donors (Lipinski definition) is 0. The molecule has 0 radical (unpaired) electrons. The fourth-order valence-corrected chi connectivity index (χ4v) is 2.91. The minimum absolute atomic E-state index is 0.399. The second-order valence-electron chi connectivity index (χ2n) is 3.84. The van der Waals surface area contributed by atoms with Gasteiger partial charge in [0, 0.05) is 29.3 Å².